The molecule has 1 rings (SSSR count). The molecule has 0 saturated carbocycles. The summed E-state index contributed by atoms with van der Waals surface area (Å²) in [6.07, 6.45) is 6.52. The molecule has 0 spiro atoms. The lowest BCUT2D eigenvalue weighted by atomic mass is 10.1. The molecular weight excluding hydrogens is 260 g/mol. The van der Waals surface area contributed by atoms with E-state index in [2.05, 4.69) is 43.1 Å². The number of benzene rings is 1. The van der Waals surface area contributed by atoms with Crippen LogP contribution < -0.4 is 10.2 Å². The molecule has 0 heterocycles. The Labute approximate surface area is 129 Å². The molecule has 0 saturated heterocycles. The van der Waals surface area contributed by atoms with Crippen molar-refractivity contribution in [3.05, 3.63) is 24.3 Å². The lowest BCUT2D eigenvalue weighted by Crippen LogP contribution is -2.21. The van der Waals surface area contributed by atoms with Crippen molar-refractivity contribution >= 4 is 17.3 Å². The minimum atomic E-state index is 0.127. The van der Waals surface area contributed by atoms with Crippen molar-refractivity contribution in [1.82, 2.24) is 0 Å². The van der Waals surface area contributed by atoms with Gasteiger partial charge in [-0.25, -0.2) is 0 Å². The van der Waals surface area contributed by atoms with Gasteiger partial charge in [-0.05, 0) is 44.5 Å². The van der Waals surface area contributed by atoms with Gasteiger partial charge in [-0.3, -0.25) is 4.79 Å². The minimum Gasteiger partial charge on any atom is -0.372 e. The number of anilines is 2. The Morgan fingerprint density at radius 1 is 0.952 bits per heavy atom. The van der Waals surface area contributed by atoms with Crippen LogP contribution in [0.1, 0.15) is 59.3 Å². The van der Waals surface area contributed by atoms with Gasteiger partial charge in [-0.15, -0.1) is 0 Å². The fourth-order valence-electron chi connectivity index (χ4n) is 2.46. The third-order valence-corrected chi connectivity index (χ3v) is 3.79. The monoisotopic (exact) mass is 290 g/mol. The van der Waals surface area contributed by atoms with Gasteiger partial charge >= 0.3 is 0 Å². The van der Waals surface area contributed by atoms with Gasteiger partial charge in [-0.2, -0.15) is 0 Å². The van der Waals surface area contributed by atoms with E-state index < -0.39 is 0 Å². The summed E-state index contributed by atoms with van der Waals surface area (Å²) in [7, 11) is 0. The molecule has 0 radical (unpaired) electrons. The summed E-state index contributed by atoms with van der Waals surface area (Å²) in [4.78, 5) is 14.1. The molecule has 0 fully saturated rings. The highest BCUT2D eigenvalue weighted by atomic mass is 16.1. The van der Waals surface area contributed by atoms with E-state index >= 15 is 0 Å². The number of nitrogens with one attached hydrogen (secondary N) is 1. The summed E-state index contributed by atoms with van der Waals surface area (Å²) < 4.78 is 0. The van der Waals surface area contributed by atoms with Crippen molar-refractivity contribution in [2.45, 2.75) is 59.3 Å². The summed E-state index contributed by atoms with van der Waals surface area (Å²) in [5.74, 6) is 0.127. The first-order valence-electron chi connectivity index (χ1n) is 8.36. The van der Waals surface area contributed by atoms with E-state index in [1.165, 1.54) is 24.9 Å². The van der Waals surface area contributed by atoms with Crippen LogP contribution in [0, 0.1) is 0 Å². The van der Waals surface area contributed by atoms with Gasteiger partial charge in [0.05, 0.1) is 0 Å². The molecule has 1 aromatic rings. The molecule has 0 aliphatic rings. The first-order valence-corrected chi connectivity index (χ1v) is 8.36. The van der Waals surface area contributed by atoms with Gasteiger partial charge in [0.1, 0.15) is 0 Å². The fourth-order valence-corrected chi connectivity index (χ4v) is 2.46. The predicted molar refractivity (Wildman–Crippen MR) is 92.0 cm³/mol. The van der Waals surface area contributed by atoms with Crippen molar-refractivity contribution in [2.75, 3.05) is 23.3 Å². The summed E-state index contributed by atoms with van der Waals surface area (Å²) in [6.45, 7) is 8.50. The molecule has 1 N–H and O–H groups in total. The van der Waals surface area contributed by atoms with Crippen molar-refractivity contribution in [3.8, 4) is 0 Å². The smallest absolute Gasteiger partial charge is 0.224 e. The Kier molecular flexibility index (Phi) is 8.56. The Hall–Kier alpha value is -1.51. The maximum atomic E-state index is 11.9. The molecule has 0 bridgehead atoms. The molecule has 3 nitrogen and oxygen atoms in total. The minimum absolute atomic E-state index is 0.127. The van der Waals surface area contributed by atoms with Crippen molar-refractivity contribution < 1.29 is 4.79 Å². The zero-order chi connectivity index (χ0) is 15.5. The Morgan fingerprint density at radius 2 is 1.57 bits per heavy atom. The Morgan fingerprint density at radius 3 is 2.14 bits per heavy atom. The van der Waals surface area contributed by atoms with Crippen LogP contribution in [0.5, 0.6) is 0 Å². The van der Waals surface area contributed by atoms with E-state index in [1.54, 1.807) is 0 Å². The summed E-state index contributed by atoms with van der Waals surface area (Å²) >= 11 is 0. The first kappa shape index (κ1) is 17.5. The van der Waals surface area contributed by atoms with Gasteiger partial charge < -0.3 is 10.2 Å². The molecule has 0 unspecified atom stereocenters. The van der Waals surface area contributed by atoms with Crippen LogP contribution in [-0.4, -0.2) is 19.0 Å². The summed E-state index contributed by atoms with van der Waals surface area (Å²) in [5.41, 5.74) is 2.10. The van der Waals surface area contributed by atoms with E-state index in [9.17, 15) is 4.79 Å². The van der Waals surface area contributed by atoms with E-state index in [0.29, 0.717) is 6.42 Å². The second-order valence-corrected chi connectivity index (χ2v) is 5.43. The quantitative estimate of drug-likeness (QED) is 0.626. The second kappa shape index (κ2) is 10.3. The average molecular weight is 290 g/mol. The molecule has 1 aromatic carbocycles. The first-order chi connectivity index (χ1) is 10.2. The van der Waals surface area contributed by atoms with E-state index in [1.807, 2.05) is 12.1 Å². The van der Waals surface area contributed by atoms with E-state index in [0.717, 1.165) is 31.6 Å². The normalized spacial score (nSPS) is 10.4. The maximum absolute atomic E-state index is 11.9. The molecular formula is C18H30N2O. The number of nitrogens with zero attached hydrogens (tertiary/aromatic N) is 1. The third kappa shape index (κ3) is 6.65. The average Bonchev–Trinajstić information content (AvgIpc) is 2.50. The fraction of sp³-hybridized carbons (Fsp3) is 0.611. The second-order valence-electron chi connectivity index (χ2n) is 5.43. The van der Waals surface area contributed by atoms with Crippen LogP contribution in [0.15, 0.2) is 24.3 Å². The topological polar surface area (TPSA) is 32.3 Å². The van der Waals surface area contributed by atoms with E-state index in [4.69, 9.17) is 0 Å². The molecule has 0 aliphatic heterocycles. The Bertz CT molecular complexity index is 396. The molecule has 0 aliphatic carbocycles. The molecule has 118 valence electrons. The molecule has 0 atom stereocenters. The SMILES string of the molecule is CCCCCCCC(=O)Nc1ccc(N(CC)CC)cc1. The highest BCUT2D eigenvalue weighted by molar-refractivity contribution is 5.90. The van der Waals surface area contributed by atoms with Gasteiger partial charge in [-0.1, -0.05) is 32.6 Å². The predicted octanol–water partition coefficient (Wildman–Crippen LogP) is 4.83. The van der Waals surface area contributed by atoms with Crippen molar-refractivity contribution in [2.24, 2.45) is 0 Å². The number of amides is 1. The number of unbranched alkanes of at least 4 members (excludes halogenated alkanes) is 4. The van der Waals surface area contributed by atoms with Crippen molar-refractivity contribution in [1.29, 1.82) is 0 Å². The summed E-state index contributed by atoms with van der Waals surface area (Å²) in [6, 6.07) is 8.12. The van der Waals surface area contributed by atoms with Gasteiger partial charge in [0.15, 0.2) is 0 Å². The highest BCUT2D eigenvalue weighted by Gasteiger charge is 2.04. The largest absolute Gasteiger partial charge is 0.372 e. The molecule has 3 heteroatoms. The number of carbonyl (C=O) groups excluding carboxylic acids is 1. The van der Waals surface area contributed by atoms with Crippen LogP contribution in [0.3, 0.4) is 0 Å². The molecule has 1 amide bonds. The van der Waals surface area contributed by atoms with Crippen LogP contribution >= 0.6 is 0 Å². The standard InChI is InChI=1S/C18H30N2O/c1-4-7-8-9-10-11-18(21)19-16-12-14-17(15-13-16)20(5-2)6-3/h12-15H,4-11H2,1-3H3,(H,19,21). The van der Waals surface area contributed by atoms with E-state index in [-0.39, 0.29) is 5.91 Å². The maximum Gasteiger partial charge on any atom is 0.224 e. The zero-order valence-electron chi connectivity index (χ0n) is 13.8. The lowest BCUT2D eigenvalue weighted by Gasteiger charge is -2.21. The number of rotatable bonds is 10. The van der Waals surface area contributed by atoms with Crippen molar-refractivity contribution in [3.63, 3.8) is 0 Å². The molecule has 0 aromatic heterocycles. The summed E-state index contributed by atoms with van der Waals surface area (Å²) in [5, 5.41) is 2.98. The van der Waals surface area contributed by atoms with Gasteiger partial charge in [0.25, 0.3) is 0 Å². The zero-order valence-corrected chi connectivity index (χ0v) is 13.8. The van der Waals surface area contributed by atoms with Crippen LogP contribution in [-0.2, 0) is 4.79 Å². The number of hydrogen-bond donors (Lipinski definition) is 1. The van der Waals surface area contributed by atoms with Gasteiger partial charge in [0, 0.05) is 30.9 Å². The Balaban J connectivity index is 2.36. The van der Waals surface area contributed by atoms with Gasteiger partial charge in [0.2, 0.25) is 5.91 Å². The third-order valence-electron chi connectivity index (χ3n) is 3.79. The number of hydrogen-bond acceptors (Lipinski definition) is 2. The van der Waals surface area contributed by atoms with Crippen LogP contribution in [0.4, 0.5) is 11.4 Å². The van der Waals surface area contributed by atoms with Crippen LogP contribution in [0.25, 0.3) is 0 Å². The lowest BCUT2D eigenvalue weighted by molar-refractivity contribution is -0.116. The highest BCUT2D eigenvalue weighted by Crippen LogP contribution is 2.18. The molecule has 21 heavy (non-hydrogen) atoms. The van der Waals surface area contributed by atoms with Crippen LogP contribution in [0.2, 0.25) is 0 Å². The number of carbonyl (C=O) groups is 1.